The first-order chi connectivity index (χ1) is 29.4. The number of benzene rings is 8. The van der Waals surface area contributed by atoms with Gasteiger partial charge in [0, 0.05) is 34.3 Å². The van der Waals surface area contributed by atoms with Gasteiger partial charge < -0.3 is 4.90 Å². The van der Waals surface area contributed by atoms with Gasteiger partial charge in [-0.25, -0.2) is 0 Å². The molecule has 0 aromatic heterocycles. The van der Waals surface area contributed by atoms with Gasteiger partial charge in [0.05, 0.1) is 34.9 Å². The van der Waals surface area contributed by atoms with E-state index in [9.17, 15) is 15.8 Å². The van der Waals surface area contributed by atoms with Gasteiger partial charge in [-0.3, -0.25) is 0 Å². The molecule has 12 rings (SSSR count). The number of fused-ring (bicyclic) bond motifs is 3. The first-order valence-corrected chi connectivity index (χ1v) is 20.3. The van der Waals surface area contributed by atoms with E-state index in [2.05, 4.69) is 170 Å². The summed E-state index contributed by atoms with van der Waals surface area (Å²) in [5.41, 5.74) is 21.0. The van der Waals surface area contributed by atoms with Crippen molar-refractivity contribution in [3.8, 4) is 51.6 Å². The molecule has 0 amide bonds. The van der Waals surface area contributed by atoms with Crippen molar-refractivity contribution in [1.29, 1.82) is 15.8 Å². The van der Waals surface area contributed by atoms with Crippen molar-refractivity contribution in [2.75, 3.05) is 4.90 Å². The largest absolute Gasteiger partial charge is 0.310 e. The first-order valence-electron chi connectivity index (χ1n) is 20.3. The summed E-state index contributed by atoms with van der Waals surface area (Å²) in [6.07, 6.45) is 0. The second kappa shape index (κ2) is 13.3. The van der Waals surface area contributed by atoms with E-state index in [-0.39, 0.29) is 17.3 Å². The standard InChI is InChI=1S/C56H36N4/c1-56(2)50-11-7-6-10-44(50)45-27-23-42(30-51(45)56)60(40-19-14-37(15-20-40)36-8-4-3-5-9-36)41-21-16-38(17-22-41)43-26-18-39(33-59)52-54-48-28-34(31-57)12-24-46(48)53(55(43)52)47-25-13-35(32-58)29-49(47)54/h3-30,53-54H,1-2H3. The van der Waals surface area contributed by atoms with Gasteiger partial charge in [0.15, 0.2) is 0 Å². The van der Waals surface area contributed by atoms with Crippen LogP contribution in [0.2, 0.25) is 0 Å². The Morgan fingerprint density at radius 3 is 1.58 bits per heavy atom. The van der Waals surface area contributed by atoms with E-state index < -0.39 is 0 Å². The molecule has 4 heteroatoms. The molecule has 4 nitrogen and oxygen atoms in total. The Morgan fingerprint density at radius 2 is 0.950 bits per heavy atom. The summed E-state index contributed by atoms with van der Waals surface area (Å²) in [5, 5.41) is 30.3. The Labute approximate surface area is 350 Å². The van der Waals surface area contributed by atoms with Crippen LogP contribution in [0.5, 0.6) is 0 Å². The smallest absolute Gasteiger partial charge is 0.0994 e. The zero-order valence-electron chi connectivity index (χ0n) is 33.1. The fraction of sp³-hybridized carbons (Fsp3) is 0.0893. The third kappa shape index (κ3) is 5.14. The highest BCUT2D eigenvalue weighted by atomic mass is 15.1. The Hall–Kier alpha value is -7.97. The lowest BCUT2D eigenvalue weighted by Crippen LogP contribution is -2.29. The number of rotatable bonds is 5. The molecule has 60 heavy (non-hydrogen) atoms. The predicted octanol–water partition coefficient (Wildman–Crippen LogP) is 13.4. The summed E-state index contributed by atoms with van der Waals surface area (Å²) >= 11 is 0. The second-order valence-corrected chi connectivity index (χ2v) is 16.6. The Balaban J connectivity index is 1.05. The zero-order valence-corrected chi connectivity index (χ0v) is 33.1. The monoisotopic (exact) mass is 764 g/mol. The molecule has 0 spiro atoms. The number of anilines is 3. The minimum Gasteiger partial charge on any atom is -0.310 e. The molecule has 4 aliphatic carbocycles. The highest BCUT2D eigenvalue weighted by Gasteiger charge is 2.44. The maximum Gasteiger partial charge on any atom is 0.0994 e. The molecule has 0 atom stereocenters. The van der Waals surface area contributed by atoms with Gasteiger partial charge in [0.1, 0.15) is 0 Å². The van der Waals surface area contributed by atoms with Gasteiger partial charge >= 0.3 is 0 Å². The molecule has 0 unspecified atom stereocenters. The Morgan fingerprint density at radius 1 is 0.417 bits per heavy atom. The number of nitrogens with zero attached hydrogens (tertiary/aromatic N) is 4. The lowest BCUT2D eigenvalue weighted by atomic mass is 9.58. The van der Waals surface area contributed by atoms with Crippen molar-refractivity contribution in [2.45, 2.75) is 31.1 Å². The van der Waals surface area contributed by atoms with Crippen LogP contribution in [0.25, 0.3) is 33.4 Å². The molecule has 0 saturated carbocycles. The van der Waals surface area contributed by atoms with E-state index in [0.29, 0.717) is 16.7 Å². The van der Waals surface area contributed by atoms with Crippen molar-refractivity contribution in [2.24, 2.45) is 0 Å². The van der Waals surface area contributed by atoms with Gasteiger partial charge in [-0.2, -0.15) is 15.8 Å². The highest BCUT2D eigenvalue weighted by Crippen LogP contribution is 2.59. The van der Waals surface area contributed by atoms with Crippen molar-refractivity contribution in [3.63, 3.8) is 0 Å². The lowest BCUT2D eigenvalue weighted by molar-refractivity contribution is 0.660. The van der Waals surface area contributed by atoms with Crippen LogP contribution in [0, 0.1) is 34.0 Å². The molecule has 8 aromatic carbocycles. The number of nitriles is 3. The topological polar surface area (TPSA) is 74.6 Å². The predicted molar refractivity (Wildman–Crippen MR) is 238 cm³/mol. The van der Waals surface area contributed by atoms with E-state index in [1.807, 2.05) is 36.4 Å². The quantitative estimate of drug-likeness (QED) is 0.175. The molecule has 8 aromatic rings. The van der Waals surface area contributed by atoms with E-state index >= 15 is 0 Å². The number of hydrogen-bond acceptors (Lipinski definition) is 4. The summed E-state index contributed by atoms with van der Waals surface area (Å²) in [6, 6.07) is 66.9. The van der Waals surface area contributed by atoms with Gasteiger partial charge in [-0.15, -0.1) is 0 Å². The van der Waals surface area contributed by atoms with Crippen LogP contribution in [0.3, 0.4) is 0 Å². The summed E-state index contributed by atoms with van der Waals surface area (Å²) in [4.78, 5) is 2.35. The molecule has 280 valence electrons. The van der Waals surface area contributed by atoms with Crippen molar-refractivity contribution < 1.29 is 0 Å². The fourth-order valence-electron chi connectivity index (χ4n) is 10.4. The fourth-order valence-corrected chi connectivity index (χ4v) is 10.4. The maximum absolute atomic E-state index is 10.6. The minimum atomic E-state index is -0.268. The van der Waals surface area contributed by atoms with E-state index in [1.54, 1.807) is 0 Å². The highest BCUT2D eigenvalue weighted by molar-refractivity contribution is 5.87. The number of hydrogen-bond donors (Lipinski definition) is 0. The normalized spacial score (nSPS) is 15.6. The van der Waals surface area contributed by atoms with E-state index in [0.717, 1.165) is 67.1 Å². The summed E-state index contributed by atoms with van der Waals surface area (Å²) < 4.78 is 0. The second-order valence-electron chi connectivity index (χ2n) is 16.6. The molecular weight excluding hydrogens is 729 g/mol. The van der Waals surface area contributed by atoms with Crippen LogP contribution in [-0.4, -0.2) is 0 Å². The maximum atomic E-state index is 10.6. The molecule has 0 N–H and O–H groups in total. The molecule has 0 fully saturated rings. The minimum absolute atomic E-state index is 0.147. The molecule has 0 heterocycles. The summed E-state index contributed by atoms with van der Waals surface area (Å²) in [5.74, 6) is -0.424. The van der Waals surface area contributed by atoms with Gasteiger partial charge in [-0.05, 0) is 145 Å². The summed E-state index contributed by atoms with van der Waals surface area (Å²) in [6.45, 7) is 4.64. The Kier molecular flexibility index (Phi) is 7.80. The zero-order chi connectivity index (χ0) is 40.7. The average molecular weight is 765 g/mol. The van der Waals surface area contributed by atoms with Crippen LogP contribution in [0.1, 0.15) is 86.9 Å². The molecule has 4 aliphatic rings. The lowest BCUT2D eigenvalue weighted by Gasteiger charge is -2.43. The first kappa shape index (κ1) is 35.2. The Bertz CT molecular complexity index is 3140. The van der Waals surface area contributed by atoms with Crippen LogP contribution >= 0.6 is 0 Å². The van der Waals surface area contributed by atoms with Gasteiger partial charge in [0.25, 0.3) is 0 Å². The van der Waals surface area contributed by atoms with Crippen LogP contribution in [0.15, 0.2) is 170 Å². The average Bonchev–Trinajstić information content (AvgIpc) is 3.54. The van der Waals surface area contributed by atoms with Crippen molar-refractivity contribution in [1.82, 2.24) is 0 Å². The SMILES string of the molecule is CC1(C)c2ccccc2-c2ccc(N(c3ccc(-c4ccccc4)cc3)c3ccc(-c4ccc(C#N)c5c4C4c6ccc(C#N)cc6C5c5cc(C#N)ccc54)cc3)cc21. The van der Waals surface area contributed by atoms with Crippen molar-refractivity contribution >= 4 is 17.1 Å². The third-order valence-electron chi connectivity index (χ3n) is 13.2. The third-order valence-corrected chi connectivity index (χ3v) is 13.2. The van der Waals surface area contributed by atoms with Crippen molar-refractivity contribution in [3.05, 3.63) is 231 Å². The van der Waals surface area contributed by atoms with Crippen LogP contribution in [0.4, 0.5) is 17.1 Å². The van der Waals surface area contributed by atoms with Gasteiger partial charge in [-0.1, -0.05) is 117 Å². The molecule has 0 radical (unpaired) electrons. The summed E-state index contributed by atoms with van der Waals surface area (Å²) in [7, 11) is 0. The molecular formula is C56H36N4. The molecule has 0 aliphatic heterocycles. The molecule has 0 saturated heterocycles. The van der Waals surface area contributed by atoms with Gasteiger partial charge in [0.2, 0.25) is 0 Å². The van der Waals surface area contributed by atoms with Crippen LogP contribution < -0.4 is 4.90 Å². The molecule has 2 bridgehead atoms. The van der Waals surface area contributed by atoms with Crippen LogP contribution in [-0.2, 0) is 5.41 Å². The van der Waals surface area contributed by atoms with E-state index in [1.165, 1.54) is 27.8 Å². The van der Waals surface area contributed by atoms with E-state index in [4.69, 9.17) is 0 Å².